The third kappa shape index (κ3) is 120. The highest BCUT2D eigenvalue weighted by Gasteiger charge is 2.05. The van der Waals surface area contributed by atoms with Crippen LogP contribution in [0.1, 0.15) is 0 Å². The summed E-state index contributed by atoms with van der Waals surface area (Å²) in [6.07, 6.45) is 0. The average molecular weight is 1810 g/mol. The Kier molecular flexibility index (Phi) is 117. The molecule has 43 heteroatoms. The van der Waals surface area contributed by atoms with Crippen molar-refractivity contribution in [1.82, 2.24) is 0 Å². The molecule has 0 fully saturated rings. The number of azide groups is 1. The Morgan fingerprint density at radius 1 is 0.114 bits per heavy atom. The van der Waals surface area contributed by atoms with Crippen LogP contribution in [0.5, 0.6) is 0 Å². The van der Waals surface area contributed by atoms with Gasteiger partial charge in [-0.25, -0.2) is 0 Å². The van der Waals surface area contributed by atoms with Gasteiger partial charge in [-0.1, -0.05) is 5.11 Å². The fraction of sp³-hybridized carbons (Fsp3) is 1.00. The van der Waals surface area contributed by atoms with Gasteiger partial charge in [0.25, 0.3) is 0 Å². The second-order valence-electron chi connectivity index (χ2n) is 24.6. The molecule has 0 spiro atoms. The van der Waals surface area contributed by atoms with E-state index in [1.165, 1.54) is 0 Å². The smallest absolute Gasteiger partial charge is 0.0701 e. The number of aliphatic hydroxyl groups excluding tert-OH is 1. The van der Waals surface area contributed by atoms with E-state index in [1.54, 1.807) is 0 Å². The summed E-state index contributed by atoms with van der Waals surface area (Å²) in [6.45, 7) is 37.3. The highest BCUT2D eigenvalue weighted by Crippen LogP contribution is 1.96. The van der Waals surface area contributed by atoms with Crippen LogP contribution in [0, 0.1) is 0 Å². The minimum absolute atomic E-state index is 0.0146. The normalized spacial score (nSPS) is 11.7. The molecule has 0 atom stereocenters. The third-order valence-electron chi connectivity index (χ3n) is 14.8. The predicted molar refractivity (Wildman–Crippen MR) is 443 cm³/mol. The summed E-state index contributed by atoms with van der Waals surface area (Å²) in [5, 5.41) is 12.0. The molecule has 43 nitrogen and oxygen atoms in total. The number of aliphatic hydroxyl groups is 1. The van der Waals surface area contributed by atoms with E-state index in [9.17, 15) is 0 Å². The Morgan fingerprint density at radius 2 is 0.179 bits per heavy atom. The molecular formula is C80H161N3O40. The first-order chi connectivity index (χ1) is 61.4. The third-order valence-corrected chi connectivity index (χ3v) is 14.8. The number of ether oxygens (including phenoxy) is 39. The van der Waals surface area contributed by atoms with Gasteiger partial charge in [-0.3, -0.25) is 0 Å². The summed E-state index contributed by atoms with van der Waals surface area (Å²) in [5.74, 6) is 0. The average Bonchev–Trinajstić information content (AvgIpc) is 1.42. The van der Waals surface area contributed by atoms with E-state index < -0.39 is 0 Å². The first kappa shape index (κ1) is 121. The molecule has 1 N–H and O–H groups in total. The molecular weight excluding hydrogens is 1640 g/mol. The molecule has 736 valence electrons. The molecule has 0 amide bonds. The molecule has 0 saturated heterocycles. The molecule has 0 bridgehead atoms. The van der Waals surface area contributed by atoms with E-state index in [0.717, 1.165) is 0 Å². The van der Waals surface area contributed by atoms with Crippen molar-refractivity contribution < 1.29 is 190 Å². The zero-order valence-electron chi connectivity index (χ0n) is 74.3. The summed E-state index contributed by atoms with van der Waals surface area (Å²) in [4.78, 5) is 2.65. The lowest BCUT2D eigenvalue weighted by molar-refractivity contribution is -0.0328. The van der Waals surface area contributed by atoms with Crippen molar-refractivity contribution in [2.24, 2.45) is 5.11 Å². The number of hydrogen-bond donors (Lipinski definition) is 1. The Labute approximate surface area is 731 Å². The lowest BCUT2D eigenvalue weighted by Gasteiger charge is -2.09. The number of nitrogens with zero attached hydrogens (tertiary/aromatic N) is 3. The Bertz CT molecular complexity index is 1810. The van der Waals surface area contributed by atoms with Gasteiger partial charge in [0, 0.05) is 11.5 Å². The fourth-order valence-electron chi connectivity index (χ4n) is 8.67. The van der Waals surface area contributed by atoms with Crippen molar-refractivity contribution in [3.05, 3.63) is 10.4 Å². The maximum Gasteiger partial charge on any atom is 0.0701 e. The number of hydrogen-bond acceptors (Lipinski definition) is 41. The van der Waals surface area contributed by atoms with Gasteiger partial charge in [-0.05, 0) is 5.53 Å². The highest BCUT2D eigenvalue weighted by molar-refractivity contribution is 4.49. The van der Waals surface area contributed by atoms with Gasteiger partial charge in [0.05, 0.1) is 522 Å². The van der Waals surface area contributed by atoms with Gasteiger partial charge in [-0.15, -0.1) is 0 Å². The van der Waals surface area contributed by atoms with Gasteiger partial charge >= 0.3 is 0 Å². The minimum Gasteiger partial charge on any atom is -0.394 e. The van der Waals surface area contributed by atoms with Crippen molar-refractivity contribution in [2.75, 3.05) is 528 Å². The standard InChI is InChI=1S/C80H161N3O40/c81-83-82-1-3-85-5-7-87-9-11-89-13-15-91-17-19-93-21-23-95-25-27-97-29-31-99-33-35-101-37-39-103-41-43-105-45-47-107-49-51-109-53-55-111-57-59-113-61-63-115-65-67-117-69-71-119-73-75-121-77-79-123-80-78-122-76-74-120-72-70-118-68-66-116-64-62-114-60-58-112-56-54-110-52-50-108-48-46-106-44-42-104-40-38-102-36-34-100-32-30-98-28-26-96-24-22-94-20-18-92-16-14-90-12-10-88-8-6-86-4-2-84/h84H,1-80H2. The molecule has 123 heavy (non-hydrogen) atoms. The van der Waals surface area contributed by atoms with E-state index in [-0.39, 0.29) is 6.61 Å². The highest BCUT2D eigenvalue weighted by atomic mass is 16.6. The van der Waals surface area contributed by atoms with Gasteiger partial charge in [0.2, 0.25) is 0 Å². The van der Waals surface area contributed by atoms with Crippen molar-refractivity contribution in [3.8, 4) is 0 Å². The summed E-state index contributed by atoms with van der Waals surface area (Å²) in [6, 6.07) is 0. The lowest BCUT2D eigenvalue weighted by atomic mass is 10.6. The fourth-order valence-corrected chi connectivity index (χ4v) is 8.67. The van der Waals surface area contributed by atoms with Crippen molar-refractivity contribution in [2.45, 2.75) is 0 Å². The molecule has 0 rings (SSSR count). The molecule has 0 saturated carbocycles. The first-order valence-corrected chi connectivity index (χ1v) is 43.5. The van der Waals surface area contributed by atoms with Crippen molar-refractivity contribution in [3.63, 3.8) is 0 Å². The van der Waals surface area contributed by atoms with Crippen LogP contribution in [0.3, 0.4) is 0 Å². The topological polar surface area (TPSA) is 429 Å². The minimum atomic E-state index is 0.0146. The van der Waals surface area contributed by atoms with Crippen LogP contribution in [0.2, 0.25) is 0 Å². The van der Waals surface area contributed by atoms with E-state index >= 15 is 0 Å². The summed E-state index contributed by atoms with van der Waals surface area (Å²) in [5.41, 5.74) is 8.19. The molecule has 0 aromatic heterocycles. The predicted octanol–water partition coefficient (Wildman–Crippen LogP) is 0.936. The Balaban J connectivity index is 3.10. The van der Waals surface area contributed by atoms with E-state index in [0.29, 0.717) is 522 Å². The second-order valence-corrected chi connectivity index (χ2v) is 24.6. The second kappa shape index (κ2) is 120. The molecule has 0 aromatic carbocycles. The van der Waals surface area contributed by atoms with Crippen LogP contribution in [0.15, 0.2) is 5.11 Å². The van der Waals surface area contributed by atoms with Crippen LogP contribution in [-0.2, 0) is 185 Å². The summed E-state index contributed by atoms with van der Waals surface area (Å²) < 4.78 is 214. The lowest BCUT2D eigenvalue weighted by Crippen LogP contribution is -2.16. The molecule has 0 aliphatic heterocycles. The van der Waals surface area contributed by atoms with Gasteiger partial charge in [0.1, 0.15) is 0 Å². The van der Waals surface area contributed by atoms with Gasteiger partial charge in [0.15, 0.2) is 0 Å². The molecule has 0 aliphatic carbocycles. The maximum atomic E-state index is 8.63. The number of rotatable bonds is 119. The van der Waals surface area contributed by atoms with Crippen LogP contribution in [0.4, 0.5) is 0 Å². The Morgan fingerprint density at radius 3 is 0.244 bits per heavy atom. The largest absolute Gasteiger partial charge is 0.394 e. The van der Waals surface area contributed by atoms with Crippen molar-refractivity contribution in [1.29, 1.82) is 0 Å². The monoisotopic (exact) mass is 1800 g/mol. The molecule has 0 aliphatic rings. The molecule has 0 heterocycles. The Hall–Kier alpha value is -2.29. The van der Waals surface area contributed by atoms with E-state index in [2.05, 4.69) is 10.0 Å². The van der Waals surface area contributed by atoms with Gasteiger partial charge < -0.3 is 190 Å². The van der Waals surface area contributed by atoms with Crippen LogP contribution in [-0.4, -0.2) is 534 Å². The first-order valence-electron chi connectivity index (χ1n) is 43.5. The zero-order chi connectivity index (χ0) is 87.6. The molecule has 0 unspecified atom stereocenters. The molecule has 0 radical (unpaired) electrons. The zero-order valence-corrected chi connectivity index (χ0v) is 74.3. The quantitative estimate of drug-likeness (QED) is 0.0383. The van der Waals surface area contributed by atoms with E-state index in [1.807, 2.05) is 0 Å². The van der Waals surface area contributed by atoms with Crippen LogP contribution < -0.4 is 0 Å². The maximum absolute atomic E-state index is 8.63. The van der Waals surface area contributed by atoms with E-state index in [4.69, 9.17) is 195 Å². The molecule has 0 aromatic rings. The SMILES string of the molecule is [N-]=[N+]=NCCOCCOCCOCCOCCOCCOCCOCCOCCOCCOCCOCCOCCOCCOCCOCCOCCOCCOCCOCCOCCOCCOCCOCCOCCOCCOCCOCCOCCOCCOCCOCCOCCOCCOCCOCCOCCOCCOCCOCCO. The summed E-state index contributed by atoms with van der Waals surface area (Å²) >= 11 is 0. The van der Waals surface area contributed by atoms with Gasteiger partial charge in [-0.2, -0.15) is 0 Å². The van der Waals surface area contributed by atoms with Crippen molar-refractivity contribution >= 4 is 0 Å². The van der Waals surface area contributed by atoms with Crippen LogP contribution in [0.25, 0.3) is 10.4 Å². The summed E-state index contributed by atoms with van der Waals surface area (Å²) in [7, 11) is 0. The van der Waals surface area contributed by atoms with Crippen LogP contribution >= 0.6 is 0 Å².